The van der Waals surface area contributed by atoms with Crippen LogP contribution in [0.4, 0.5) is 0 Å². The molecule has 0 amide bonds. The Balaban J connectivity index is 2.33. The van der Waals surface area contributed by atoms with E-state index < -0.39 is 5.97 Å². The summed E-state index contributed by atoms with van der Waals surface area (Å²) >= 11 is 1.07. The van der Waals surface area contributed by atoms with Gasteiger partial charge in [-0.15, -0.1) is 10.2 Å². The summed E-state index contributed by atoms with van der Waals surface area (Å²) in [5.41, 5.74) is 0.806. The molecule has 0 aliphatic heterocycles. The highest BCUT2D eigenvalue weighted by Gasteiger charge is 2.14. The predicted octanol–water partition coefficient (Wildman–Crippen LogP) is 0.333. The zero-order chi connectivity index (χ0) is 13.8. The number of methoxy groups -OCH3 is 1. The minimum atomic E-state index is -1.13. The molecule has 1 heterocycles. The maximum Gasteiger partial charge on any atom is 0.191 e. The summed E-state index contributed by atoms with van der Waals surface area (Å²) in [7, 11) is 3.36. The molecule has 1 aromatic heterocycles. The van der Waals surface area contributed by atoms with Crippen LogP contribution < -0.4 is 9.84 Å². The molecule has 6 nitrogen and oxygen atoms in total. The van der Waals surface area contributed by atoms with Crippen molar-refractivity contribution in [1.82, 2.24) is 14.8 Å². The Kier molecular flexibility index (Phi) is 4.06. The lowest BCUT2D eigenvalue weighted by Crippen LogP contribution is -2.24. The molecule has 0 atom stereocenters. The molecule has 0 radical (unpaired) electrons. The summed E-state index contributed by atoms with van der Waals surface area (Å²) in [4.78, 5) is 10.5. The van der Waals surface area contributed by atoms with Gasteiger partial charge in [-0.2, -0.15) is 0 Å². The predicted molar refractivity (Wildman–Crippen MR) is 68.7 cm³/mol. The van der Waals surface area contributed by atoms with Gasteiger partial charge in [0, 0.05) is 12.8 Å². The summed E-state index contributed by atoms with van der Waals surface area (Å²) in [6.07, 6.45) is 0. The van der Waals surface area contributed by atoms with Crippen molar-refractivity contribution in [2.75, 3.05) is 12.9 Å². The summed E-state index contributed by atoms with van der Waals surface area (Å²) in [5.74, 6) is 0.0253. The number of rotatable bonds is 5. The Bertz CT molecular complexity index is 598. The highest BCUT2D eigenvalue weighted by Crippen LogP contribution is 2.29. The number of carbonyl (C=O) groups excluding carboxylic acids is 1. The number of hydrogen-bond acceptors (Lipinski definition) is 6. The summed E-state index contributed by atoms with van der Waals surface area (Å²) in [6.45, 7) is 0. The van der Waals surface area contributed by atoms with Gasteiger partial charge in [0.15, 0.2) is 11.0 Å². The van der Waals surface area contributed by atoms with E-state index in [2.05, 4.69) is 10.2 Å². The monoisotopic (exact) mass is 278 g/mol. The number of carboxylic acid groups (broad SMARTS) is 1. The first-order chi connectivity index (χ1) is 9.13. The number of aliphatic carboxylic acids is 1. The second-order valence-electron chi connectivity index (χ2n) is 3.73. The fourth-order valence-electron chi connectivity index (χ4n) is 1.63. The number of ether oxygens (including phenoxy) is 1. The number of carbonyl (C=O) groups is 1. The minimum Gasteiger partial charge on any atom is -0.549 e. The van der Waals surface area contributed by atoms with Crippen LogP contribution in [-0.4, -0.2) is 33.6 Å². The molecule has 0 saturated heterocycles. The van der Waals surface area contributed by atoms with Crippen molar-refractivity contribution in [2.45, 2.75) is 5.16 Å². The maximum atomic E-state index is 10.5. The number of hydrogen-bond donors (Lipinski definition) is 0. The van der Waals surface area contributed by atoms with Crippen LogP contribution in [0.1, 0.15) is 0 Å². The molecule has 2 rings (SSSR count). The molecule has 19 heavy (non-hydrogen) atoms. The Morgan fingerprint density at radius 3 is 2.84 bits per heavy atom. The Morgan fingerprint density at radius 2 is 2.16 bits per heavy atom. The van der Waals surface area contributed by atoms with Gasteiger partial charge < -0.3 is 19.2 Å². The van der Waals surface area contributed by atoms with Gasteiger partial charge in [0.05, 0.1) is 18.6 Å². The lowest BCUT2D eigenvalue weighted by Gasteiger charge is -2.08. The lowest BCUT2D eigenvalue weighted by atomic mass is 10.2. The number of benzene rings is 1. The molecule has 0 bridgehead atoms. The number of thioether (sulfide) groups is 1. The average Bonchev–Trinajstić information content (AvgIpc) is 2.77. The van der Waals surface area contributed by atoms with Crippen molar-refractivity contribution in [2.24, 2.45) is 7.05 Å². The zero-order valence-corrected chi connectivity index (χ0v) is 11.3. The maximum absolute atomic E-state index is 10.5. The van der Waals surface area contributed by atoms with Crippen LogP contribution in [0.2, 0.25) is 0 Å². The highest BCUT2D eigenvalue weighted by atomic mass is 32.2. The van der Waals surface area contributed by atoms with Gasteiger partial charge in [0.2, 0.25) is 0 Å². The van der Waals surface area contributed by atoms with E-state index in [4.69, 9.17) is 4.74 Å². The van der Waals surface area contributed by atoms with Gasteiger partial charge in [-0.3, -0.25) is 0 Å². The van der Waals surface area contributed by atoms with Gasteiger partial charge in [0.25, 0.3) is 0 Å². The molecule has 0 saturated carbocycles. The summed E-state index contributed by atoms with van der Waals surface area (Å²) < 4.78 is 7.00. The van der Waals surface area contributed by atoms with Gasteiger partial charge >= 0.3 is 0 Å². The quantitative estimate of drug-likeness (QED) is 0.733. The minimum absolute atomic E-state index is 0.155. The van der Waals surface area contributed by atoms with Gasteiger partial charge in [-0.05, 0) is 12.1 Å². The van der Waals surface area contributed by atoms with Crippen LogP contribution in [0.25, 0.3) is 11.4 Å². The van der Waals surface area contributed by atoms with Crippen molar-refractivity contribution < 1.29 is 14.6 Å². The van der Waals surface area contributed by atoms with Gasteiger partial charge in [-0.1, -0.05) is 23.9 Å². The van der Waals surface area contributed by atoms with E-state index in [1.807, 2.05) is 24.3 Å². The molecular weight excluding hydrogens is 266 g/mol. The number of para-hydroxylation sites is 1. The van der Waals surface area contributed by atoms with Crippen molar-refractivity contribution in [1.29, 1.82) is 0 Å². The van der Waals surface area contributed by atoms with Crippen molar-refractivity contribution in [3.63, 3.8) is 0 Å². The first-order valence-corrected chi connectivity index (χ1v) is 6.47. The SMILES string of the molecule is COc1ccccc1-c1nnc(SCC(=O)[O-])n1C. The summed E-state index contributed by atoms with van der Waals surface area (Å²) in [5, 5.41) is 19.0. The van der Waals surface area contributed by atoms with Gasteiger partial charge in [0.1, 0.15) is 5.75 Å². The van der Waals surface area contributed by atoms with Crippen molar-refractivity contribution >= 4 is 17.7 Å². The topological polar surface area (TPSA) is 80.1 Å². The first kappa shape index (κ1) is 13.4. The Labute approximate surface area is 114 Å². The number of aromatic nitrogens is 3. The van der Waals surface area contributed by atoms with E-state index >= 15 is 0 Å². The van der Waals surface area contributed by atoms with E-state index in [0.29, 0.717) is 16.7 Å². The molecule has 0 spiro atoms. The second-order valence-corrected chi connectivity index (χ2v) is 4.67. The summed E-state index contributed by atoms with van der Waals surface area (Å²) in [6, 6.07) is 7.44. The van der Waals surface area contributed by atoms with Gasteiger partial charge in [-0.25, -0.2) is 0 Å². The van der Waals surface area contributed by atoms with Crippen LogP contribution >= 0.6 is 11.8 Å². The molecule has 0 aliphatic rings. The van der Waals surface area contributed by atoms with E-state index in [0.717, 1.165) is 17.3 Å². The molecule has 0 fully saturated rings. The smallest absolute Gasteiger partial charge is 0.191 e. The molecule has 100 valence electrons. The normalized spacial score (nSPS) is 10.4. The zero-order valence-electron chi connectivity index (χ0n) is 10.5. The van der Waals surface area contributed by atoms with Crippen molar-refractivity contribution in [3.8, 4) is 17.1 Å². The molecule has 2 aromatic rings. The lowest BCUT2D eigenvalue weighted by molar-refractivity contribution is -0.301. The molecule has 0 aliphatic carbocycles. The van der Waals surface area contributed by atoms with Crippen molar-refractivity contribution in [3.05, 3.63) is 24.3 Å². The third kappa shape index (κ3) is 2.87. The fraction of sp³-hybridized carbons (Fsp3) is 0.250. The number of nitrogens with zero attached hydrogens (tertiary/aromatic N) is 3. The van der Waals surface area contributed by atoms with Crippen LogP contribution in [0.3, 0.4) is 0 Å². The second kappa shape index (κ2) is 5.75. The molecule has 1 aromatic carbocycles. The average molecular weight is 278 g/mol. The third-order valence-electron chi connectivity index (χ3n) is 2.50. The van der Waals surface area contributed by atoms with Crippen LogP contribution in [0, 0.1) is 0 Å². The molecular formula is C12H12N3O3S-. The molecule has 0 unspecified atom stereocenters. The van der Waals surface area contributed by atoms with E-state index in [1.54, 1.807) is 18.7 Å². The Hall–Kier alpha value is -2.02. The molecule has 0 N–H and O–H groups in total. The van der Waals surface area contributed by atoms with Crippen LogP contribution in [0.5, 0.6) is 5.75 Å². The standard InChI is InChI=1S/C12H13N3O3S/c1-15-11(8-5-3-4-6-9(8)18-2)13-14-12(15)19-7-10(16)17/h3-6H,7H2,1-2H3,(H,16,17)/p-1. The Morgan fingerprint density at radius 1 is 1.42 bits per heavy atom. The van der Waals surface area contributed by atoms with E-state index in [9.17, 15) is 9.90 Å². The molecule has 7 heteroatoms. The first-order valence-electron chi connectivity index (χ1n) is 5.49. The third-order valence-corrected chi connectivity index (χ3v) is 3.50. The highest BCUT2D eigenvalue weighted by molar-refractivity contribution is 7.99. The van der Waals surface area contributed by atoms with Crippen LogP contribution in [-0.2, 0) is 11.8 Å². The fourth-order valence-corrected chi connectivity index (χ4v) is 2.25. The van der Waals surface area contributed by atoms with E-state index in [1.165, 1.54) is 0 Å². The van der Waals surface area contributed by atoms with E-state index in [-0.39, 0.29) is 5.75 Å². The van der Waals surface area contributed by atoms with Crippen LogP contribution in [0.15, 0.2) is 29.4 Å². The number of carboxylic acids is 1. The largest absolute Gasteiger partial charge is 0.549 e.